The number of rotatable bonds is 6. The summed E-state index contributed by atoms with van der Waals surface area (Å²) in [6.45, 7) is 4.78. The van der Waals surface area contributed by atoms with Crippen LogP contribution in [-0.4, -0.2) is 11.7 Å². The van der Waals surface area contributed by atoms with Crippen LogP contribution in [0.2, 0.25) is 0 Å². The van der Waals surface area contributed by atoms with E-state index in [1.165, 1.54) is 18.4 Å². The first-order valence-corrected chi connectivity index (χ1v) is 7.50. The lowest BCUT2D eigenvalue weighted by Gasteiger charge is -2.14. The number of anilines is 1. The lowest BCUT2D eigenvalue weighted by molar-refractivity contribution is 0.341. The molecule has 2 aromatic rings. The van der Waals surface area contributed by atoms with E-state index in [-0.39, 0.29) is 5.75 Å². The summed E-state index contributed by atoms with van der Waals surface area (Å²) < 4.78 is 5.78. The second-order valence-corrected chi connectivity index (χ2v) is 5.14. The van der Waals surface area contributed by atoms with Gasteiger partial charge in [-0.25, -0.2) is 0 Å². The smallest absolute Gasteiger partial charge is 0.127 e. The van der Waals surface area contributed by atoms with Gasteiger partial charge in [-0.05, 0) is 43.5 Å². The van der Waals surface area contributed by atoms with Crippen molar-refractivity contribution >= 4 is 5.69 Å². The number of hydrogen-bond donors (Lipinski definition) is 2. The standard InChI is InChI=1S/C18H23NO2/c1-3-5-6-13-7-9-16(18(11-13)21-4-2)15-10-8-14(20)12-17(15)19/h7-12,20H,3-6,19H2,1-2H3. The SMILES string of the molecule is CCCCc1ccc(-c2ccc(O)cc2N)c(OCC)c1. The maximum Gasteiger partial charge on any atom is 0.127 e. The maximum absolute atomic E-state index is 9.49. The second kappa shape index (κ2) is 7.02. The molecule has 112 valence electrons. The predicted molar refractivity (Wildman–Crippen MR) is 87.7 cm³/mol. The van der Waals surface area contributed by atoms with Crippen molar-refractivity contribution in [2.24, 2.45) is 0 Å². The van der Waals surface area contributed by atoms with Gasteiger partial charge in [0.15, 0.2) is 0 Å². The lowest BCUT2D eigenvalue weighted by atomic mass is 9.99. The molecule has 0 spiro atoms. The maximum atomic E-state index is 9.49. The summed E-state index contributed by atoms with van der Waals surface area (Å²) in [5, 5.41) is 9.49. The molecule has 0 aliphatic carbocycles. The molecule has 0 saturated carbocycles. The van der Waals surface area contributed by atoms with Gasteiger partial charge in [0.25, 0.3) is 0 Å². The molecule has 0 heterocycles. The number of phenols is 1. The van der Waals surface area contributed by atoms with E-state index in [2.05, 4.69) is 25.1 Å². The van der Waals surface area contributed by atoms with E-state index < -0.39 is 0 Å². The van der Waals surface area contributed by atoms with Crippen molar-refractivity contribution in [2.75, 3.05) is 12.3 Å². The van der Waals surface area contributed by atoms with Crippen LogP contribution in [0.5, 0.6) is 11.5 Å². The molecule has 0 aromatic heterocycles. The van der Waals surface area contributed by atoms with Crippen LogP contribution >= 0.6 is 0 Å². The number of nitrogen functional groups attached to an aromatic ring is 1. The second-order valence-electron chi connectivity index (χ2n) is 5.14. The van der Waals surface area contributed by atoms with Gasteiger partial charge in [-0.3, -0.25) is 0 Å². The predicted octanol–water partition coefficient (Wildman–Crippen LogP) is 4.38. The van der Waals surface area contributed by atoms with Crippen molar-refractivity contribution in [2.45, 2.75) is 33.1 Å². The molecule has 0 bridgehead atoms. The molecule has 0 radical (unpaired) electrons. The van der Waals surface area contributed by atoms with Gasteiger partial charge in [0.05, 0.1) is 6.61 Å². The zero-order valence-electron chi connectivity index (χ0n) is 12.7. The highest BCUT2D eigenvalue weighted by molar-refractivity contribution is 5.81. The fourth-order valence-electron chi connectivity index (χ4n) is 2.40. The monoisotopic (exact) mass is 285 g/mol. The molecule has 0 atom stereocenters. The van der Waals surface area contributed by atoms with Gasteiger partial charge in [-0.15, -0.1) is 0 Å². The molecule has 2 rings (SSSR count). The van der Waals surface area contributed by atoms with Gasteiger partial charge in [0.2, 0.25) is 0 Å². The van der Waals surface area contributed by atoms with Crippen LogP contribution in [0.25, 0.3) is 11.1 Å². The van der Waals surface area contributed by atoms with Crippen molar-refractivity contribution in [3.63, 3.8) is 0 Å². The molecule has 0 unspecified atom stereocenters. The molecular formula is C18H23NO2. The van der Waals surface area contributed by atoms with E-state index >= 15 is 0 Å². The minimum absolute atomic E-state index is 0.175. The Morgan fingerprint density at radius 2 is 1.81 bits per heavy atom. The Balaban J connectivity index is 2.41. The number of aromatic hydroxyl groups is 1. The van der Waals surface area contributed by atoms with Crippen LogP contribution in [0, 0.1) is 0 Å². The first-order chi connectivity index (χ1) is 10.2. The van der Waals surface area contributed by atoms with E-state index in [0.717, 1.165) is 23.3 Å². The Morgan fingerprint density at radius 1 is 1.05 bits per heavy atom. The van der Waals surface area contributed by atoms with Crippen molar-refractivity contribution in [3.8, 4) is 22.6 Å². The van der Waals surface area contributed by atoms with Crippen LogP contribution in [0.3, 0.4) is 0 Å². The summed E-state index contributed by atoms with van der Waals surface area (Å²) >= 11 is 0. The summed E-state index contributed by atoms with van der Waals surface area (Å²) in [6, 6.07) is 11.3. The van der Waals surface area contributed by atoms with E-state index in [4.69, 9.17) is 10.5 Å². The van der Waals surface area contributed by atoms with E-state index in [1.807, 2.05) is 13.0 Å². The van der Waals surface area contributed by atoms with Crippen LogP contribution in [-0.2, 0) is 6.42 Å². The summed E-state index contributed by atoms with van der Waals surface area (Å²) in [4.78, 5) is 0. The minimum Gasteiger partial charge on any atom is -0.508 e. The largest absolute Gasteiger partial charge is 0.508 e. The first-order valence-electron chi connectivity index (χ1n) is 7.50. The fraction of sp³-hybridized carbons (Fsp3) is 0.333. The number of ether oxygens (including phenoxy) is 1. The third-order valence-electron chi connectivity index (χ3n) is 3.49. The van der Waals surface area contributed by atoms with Crippen LogP contribution in [0.15, 0.2) is 36.4 Å². The van der Waals surface area contributed by atoms with Crippen LogP contribution < -0.4 is 10.5 Å². The molecule has 0 saturated heterocycles. The highest BCUT2D eigenvalue weighted by Crippen LogP contribution is 2.36. The number of hydrogen-bond acceptors (Lipinski definition) is 3. The molecule has 0 aliphatic heterocycles. The van der Waals surface area contributed by atoms with Crippen molar-refractivity contribution in [3.05, 3.63) is 42.0 Å². The Hall–Kier alpha value is -2.16. The molecule has 0 fully saturated rings. The minimum atomic E-state index is 0.175. The van der Waals surface area contributed by atoms with Gasteiger partial charge in [-0.1, -0.05) is 25.5 Å². The summed E-state index contributed by atoms with van der Waals surface area (Å²) in [7, 11) is 0. The van der Waals surface area contributed by atoms with Gasteiger partial charge >= 0.3 is 0 Å². The zero-order valence-corrected chi connectivity index (χ0v) is 12.7. The van der Waals surface area contributed by atoms with Gasteiger partial charge < -0.3 is 15.6 Å². The number of benzene rings is 2. The van der Waals surface area contributed by atoms with Crippen molar-refractivity contribution in [1.82, 2.24) is 0 Å². The topological polar surface area (TPSA) is 55.5 Å². The third-order valence-corrected chi connectivity index (χ3v) is 3.49. The normalized spacial score (nSPS) is 10.6. The highest BCUT2D eigenvalue weighted by atomic mass is 16.5. The quantitative estimate of drug-likeness (QED) is 0.774. The molecule has 21 heavy (non-hydrogen) atoms. The average molecular weight is 285 g/mol. The molecule has 3 heteroatoms. The van der Waals surface area contributed by atoms with Gasteiger partial charge in [0.1, 0.15) is 11.5 Å². The summed E-state index contributed by atoms with van der Waals surface area (Å²) in [5.74, 6) is 1.03. The van der Waals surface area contributed by atoms with Gasteiger partial charge in [-0.2, -0.15) is 0 Å². The summed E-state index contributed by atoms with van der Waals surface area (Å²) in [6.07, 6.45) is 3.41. The fourth-order valence-corrected chi connectivity index (χ4v) is 2.40. The molecule has 3 N–H and O–H groups in total. The van der Waals surface area contributed by atoms with E-state index in [9.17, 15) is 5.11 Å². The van der Waals surface area contributed by atoms with Gasteiger partial charge in [0, 0.05) is 22.9 Å². The van der Waals surface area contributed by atoms with E-state index in [1.54, 1.807) is 12.1 Å². The highest BCUT2D eigenvalue weighted by Gasteiger charge is 2.11. The van der Waals surface area contributed by atoms with Crippen LogP contribution in [0.1, 0.15) is 32.3 Å². The Kier molecular flexibility index (Phi) is 5.09. The molecule has 2 aromatic carbocycles. The van der Waals surface area contributed by atoms with Crippen LogP contribution in [0.4, 0.5) is 5.69 Å². The molecule has 0 aliphatic rings. The third kappa shape index (κ3) is 3.69. The average Bonchev–Trinajstić information content (AvgIpc) is 2.46. The Morgan fingerprint density at radius 3 is 2.48 bits per heavy atom. The summed E-state index contributed by atoms with van der Waals surface area (Å²) in [5.41, 5.74) is 9.71. The molecular weight excluding hydrogens is 262 g/mol. The van der Waals surface area contributed by atoms with E-state index in [0.29, 0.717) is 12.3 Å². The molecule has 0 amide bonds. The lowest BCUT2D eigenvalue weighted by Crippen LogP contribution is -1.98. The Bertz CT molecular complexity index is 608. The number of aryl methyl sites for hydroxylation is 1. The van der Waals surface area contributed by atoms with Crippen molar-refractivity contribution in [1.29, 1.82) is 0 Å². The van der Waals surface area contributed by atoms with Crippen molar-refractivity contribution < 1.29 is 9.84 Å². The number of nitrogens with two attached hydrogens (primary N) is 1. The molecule has 3 nitrogen and oxygen atoms in total. The first kappa shape index (κ1) is 15.2. The number of unbranched alkanes of at least 4 members (excludes halogenated alkanes) is 1. The zero-order chi connectivity index (χ0) is 15.2. The number of phenolic OH excluding ortho intramolecular Hbond substituents is 1. The Labute approximate surface area is 126 Å².